The summed E-state index contributed by atoms with van der Waals surface area (Å²) in [6.45, 7) is 0. The lowest BCUT2D eigenvalue weighted by molar-refractivity contribution is 0.314. The van der Waals surface area contributed by atoms with Crippen LogP contribution >= 0.6 is 0 Å². The van der Waals surface area contributed by atoms with Gasteiger partial charge in [-0.1, -0.05) is 30.7 Å². The van der Waals surface area contributed by atoms with Crippen LogP contribution in [0.15, 0.2) is 24.3 Å². The molecular formula is C16H22N2. The van der Waals surface area contributed by atoms with Crippen molar-refractivity contribution < 1.29 is 0 Å². The van der Waals surface area contributed by atoms with Gasteiger partial charge in [-0.2, -0.15) is 0 Å². The van der Waals surface area contributed by atoms with Crippen LogP contribution in [0.25, 0.3) is 0 Å². The van der Waals surface area contributed by atoms with Crippen LogP contribution in [0.4, 0.5) is 0 Å². The average Bonchev–Trinajstić information content (AvgIpc) is 3.06. The van der Waals surface area contributed by atoms with Crippen LogP contribution in [0, 0.1) is 11.8 Å². The fourth-order valence-corrected chi connectivity index (χ4v) is 4.54. The van der Waals surface area contributed by atoms with Gasteiger partial charge in [0.05, 0.1) is 0 Å². The lowest BCUT2D eigenvalue weighted by atomic mass is 9.94. The van der Waals surface area contributed by atoms with E-state index in [0.717, 1.165) is 24.3 Å². The molecule has 5 atom stereocenters. The van der Waals surface area contributed by atoms with Crippen molar-refractivity contribution >= 4 is 0 Å². The summed E-state index contributed by atoms with van der Waals surface area (Å²) >= 11 is 0. The maximum absolute atomic E-state index is 6.25. The fraction of sp³-hybridized carbons (Fsp3) is 0.625. The van der Waals surface area contributed by atoms with Crippen molar-refractivity contribution in [3.05, 3.63) is 35.4 Å². The van der Waals surface area contributed by atoms with Gasteiger partial charge in [0.1, 0.15) is 0 Å². The van der Waals surface area contributed by atoms with Gasteiger partial charge in [-0.05, 0) is 48.6 Å². The highest BCUT2D eigenvalue weighted by molar-refractivity contribution is 5.37. The number of fused-ring (bicyclic) bond motifs is 3. The van der Waals surface area contributed by atoms with Gasteiger partial charge >= 0.3 is 0 Å². The molecule has 0 heterocycles. The summed E-state index contributed by atoms with van der Waals surface area (Å²) in [5, 5.41) is 3.92. The van der Waals surface area contributed by atoms with Crippen LogP contribution in [-0.2, 0) is 0 Å². The van der Waals surface area contributed by atoms with E-state index in [4.69, 9.17) is 5.73 Å². The number of nitrogens with one attached hydrogen (secondary N) is 1. The van der Waals surface area contributed by atoms with Gasteiger partial charge in [0.15, 0.2) is 0 Å². The molecule has 0 amide bonds. The molecule has 2 saturated carbocycles. The second-order valence-electron chi connectivity index (χ2n) is 6.47. The van der Waals surface area contributed by atoms with Gasteiger partial charge in [0, 0.05) is 18.1 Å². The predicted molar refractivity (Wildman–Crippen MR) is 73.1 cm³/mol. The molecule has 0 aliphatic heterocycles. The molecule has 2 bridgehead atoms. The molecule has 3 N–H and O–H groups in total. The van der Waals surface area contributed by atoms with Gasteiger partial charge in [0.2, 0.25) is 0 Å². The molecule has 5 unspecified atom stereocenters. The Morgan fingerprint density at radius 1 is 1.00 bits per heavy atom. The van der Waals surface area contributed by atoms with Crippen molar-refractivity contribution in [2.75, 3.05) is 0 Å². The summed E-state index contributed by atoms with van der Waals surface area (Å²) in [5.41, 5.74) is 9.06. The molecule has 3 aliphatic rings. The van der Waals surface area contributed by atoms with Crippen LogP contribution in [0.5, 0.6) is 0 Å². The minimum atomic E-state index is 0.234. The van der Waals surface area contributed by atoms with Gasteiger partial charge in [-0.3, -0.25) is 0 Å². The Hall–Kier alpha value is -0.860. The van der Waals surface area contributed by atoms with E-state index in [1.54, 1.807) is 0 Å². The third kappa shape index (κ3) is 1.63. The maximum Gasteiger partial charge on any atom is 0.0344 e. The summed E-state index contributed by atoms with van der Waals surface area (Å²) in [6, 6.07) is 10.2. The summed E-state index contributed by atoms with van der Waals surface area (Å²) < 4.78 is 0. The van der Waals surface area contributed by atoms with E-state index in [-0.39, 0.29) is 6.04 Å². The lowest BCUT2D eigenvalue weighted by Gasteiger charge is -2.27. The number of rotatable bonds is 2. The Morgan fingerprint density at radius 3 is 2.56 bits per heavy atom. The van der Waals surface area contributed by atoms with Crippen molar-refractivity contribution in [2.24, 2.45) is 17.6 Å². The number of hydrogen-bond acceptors (Lipinski definition) is 2. The van der Waals surface area contributed by atoms with Crippen LogP contribution < -0.4 is 11.1 Å². The van der Waals surface area contributed by atoms with Gasteiger partial charge < -0.3 is 11.1 Å². The van der Waals surface area contributed by atoms with E-state index in [1.165, 1.54) is 36.8 Å². The summed E-state index contributed by atoms with van der Waals surface area (Å²) in [7, 11) is 0. The standard InChI is InChI=1S/C16H22N2/c17-14-9-16(13-4-2-1-3-12(13)14)18-15-8-10-5-6-11(15)7-10/h1-4,10-11,14-16,18H,5-9,17H2. The maximum atomic E-state index is 6.25. The van der Waals surface area contributed by atoms with E-state index in [1.807, 2.05) is 0 Å². The smallest absolute Gasteiger partial charge is 0.0344 e. The SMILES string of the molecule is NC1CC(NC2CC3CCC2C3)c2ccccc21. The monoisotopic (exact) mass is 242 g/mol. The second-order valence-corrected chi connectivity index (χ2v) is 6.47. The molecule has 3 aliphatic carbocycles. The molecule has 2 nitrogen and oxygen atoms in total. The third-order valence-corrected chi connectivity index (χ3v) is 5.41. The summed E-state index contributed by atoms with van der Waals surface area (Å²) in [6.07, 6.45) is 6.87. The van der Waals surface area contributed by atoms with Crippen molar-refractivity contribution in [2.45, 2.75) is 50.2 Å². The molecule has 0 aromatic heterocycles. The Kier molecular flexibility index (Phi) is 2.49. The Balaban J connectivity index is 1.53. The lowest BCUT2D eigenvalue weighted by Crippen LogP contribution is -2.36. The van der Waals surface area contributed by atoms with Crippen molar-refractivity contribution in [1.82, 2.24) is 5.32 Å². The van der Waals surface area contributed by atoms with E-state index < -0.39 is 0 Å². The first-order valence-corrected chi connectivity index (χ1v) is 7.41. The fourth-order valence-electron chi connectivity index (χ4n) is 4.54. The van der Waals surface area contributed by atoms with E-state index in [9.17, 15) is 0 Å². The molecule has 4 rings (SSSR count). The number of nitrogens with two attached hydrogens (primary N) is 1. The van der Waals surface area contributed by atoms with Gasteiger partial charge in [0.25, 0.3) is 0 Å². The van der Waals surface area contributed by atoms with E-state index in [2.05, 4.69) is 29.6 Å². The first kappa shape index (κ1) is 11.0. The molecular weight excluding hydrogens is 220 g/mol. The molecule has 0 saturated heterocycles. The highest BCUT2D eigenvalue weighted by atomic mass is 15.0. The van der Waals surface area contributed by atoms with Crippen LogP contribution in [-0.4, -0.2) is 6.04 Å². The van der Waals surface area contributed by atoms with Gasteiger partial charge in [-0.25, -0.2) is 0 Å². The van der Waals surface area contributed by atoms with E-state index >= 15 is 0 Å². The summed E-state index contributed by atoms with van der Waals surface area (Å²) in [4.78, 5) is 0. The molecule has 1 aromatic carbocycles. The number of hydrogen-bond donors (Lipinski definition) is 2. The van der Waals surface area contributed by atoms with Crippen LogP contribution in [0.2, 0.25) is 0 Å². The Bertz CT molecular complexity index is 456. The molecule has 96 valence electrons. The highest BCUT2D eigenvalue weighted by Gasteiger charge is 2.41. The first-order chi connectivity index (χ1) is 8.81. The van der Waals surface area contributed by atoms with Crippen molar-refractivity contribution in [3.63, 3.8) is 0 Å². The Labute approximate surface area is 109 Å². The molecule has 2 heteroatoms. The zero-order chi connectivity index (χ0) is 12.1. The van der Waals surface area contributed by atoms with E-state index in [0.29, 0.717) is 6.04 Å². The second kappa shape index (κ2) is 4.07. The van der Waals surface area contributed by atoms with Gasteiger partial charge in [-0.15, -0.1) is 0 Å². The third-order valence-electron chi connectivity index (χ3n) is 5.41. The van der Waals surface area contributed by atoms with Crippen LogP contribution in [0.3, 0.4) is 0 Å². The molecule has 2 fully saturated rings. The van der Waals surface area contributed by atoms with Crippen molar-refractivity contribution in [1.29, 1.82) is 0 Å². The zero-order valence-electron chi connectivity index (χ0n) is 10.8. The minimum absolute atomic E-state index is 0.234. The molecule has 18 heavy (non-hydrogen) atoms. The summed E-state index contributed by atoms with van der Waals surface area (Å²) in [5.74, 6) is 1.96. The topological polar surface area (TPSA) is 38.0 Å². The molecule has 0 radical (unpaired) electrons. The highest BCUT2D eigenvalue weighted by Crippen LogP contribution is 2.46. The zero-order valence-corrected chi connectivity index (χ0v) is 10.8. The minimum Gasteiger partial charge on any atom is -0.324 e. The molecule has 0 spiro atoms. The quantitative estimate of drug-likeness (QED) is 0.837. The van der Waals surface area contributed by atoms with Crippen molar-refractivity contribution in [3.8, 4) is 0 Å². The first-order valence-electron chi connectivity index (χ1n) is 7.41. The largest absolute Gasteiger partial charge is 0.324 e. The van der Waals surface area contributed by atoms with Crippen LogP contribution in [0.1, 0.15) is 55.3 Å². The Morgan fingerprint density at radius 2 is 1.83 bits per heavy atom. The normalized spacial score (nSPS) is 41.3. The molecule has 1 aromatic rings. The predicted octanol–water partition coefficient (Wildman–Crippen LogP) is 2.91. The average molecular weight is 242 g/mol. The number of benzene rings is 1.